The van der Waals surface area contributed by atoms with Crippen LogP contribution in [0, 0.1) is 0 Å². The molecule has 0 radical (unpaired) electrons. The van der Waals surface area contributed by atoms with E-state index >= 15 is 0 Å². The van der Waals surface area contributed by atoms with Crippen molar-refractivity contribution in [1.29, 1.82) is 0 Å². The minimum atomic E-state index is -1.08. The largest absolute Gasteiger partial charge is 2.00 e. The summed E-state index contributed by atoms with van der Waals surface area (Å²) >= 11 is 14.4. The van der Waals surface area contributed by atoms with Crippen molar-refractivity contribution in [1.82, 2.24) is 0 Å². The summed E-state index contributed by atoms with van der Waals surface area (Å²) in [6.07, 6.45) is 0. The van der Waals surface area contributed by atoms with Crippen LogP contribution in [0.25, 0.3) is 11.1 Å². The molecule has 2 aromatic rings. The number of hydrogen-bond acceptors (Lipinski definition) is 5. The van der Waals surface area contributed by atoms with Crippen molar-refractivity contribution in [3.8, 4) is 11.1 Å². The van der Waals surface area contributed by atoms with E-state index in [0.29, 0.717) is 5.56 Å². The Kier molecular flexibility index (Phi) is 20.7. The van der Waals surface area contributed by atoms with E-state index in [1.807, 2.05) is 42.5 Å². The first kappa shape index (κ1) is 31.1. The molecule has 6 nitrogen and oxygen atoms in total. The number of carboxylic acid groups (broad SMARTS) is 3. The van der Waals surface area contributed by atoms with Crippen molar-refractivity contribution in [2.75, 3.05) is 0 Å². The molecule has 28 heavy (non-hydrogen) atoms. The maximum Gasteiger partial charge on any atom is 2.00 e. The Labute approximate surface area is 190 Å². The Morgan fingerprint density at radius 3 is 1.36 bits per heavy atom. The minimum Gasteiger partial charge on any atom is -0.550 e. The molecule has 0 bridgehead atoms. The van der Waals surface area contributed by atoms with Crippen LogP contribution >= 0.6 is 34.8 Å². The number of alkyl halides is 3. The summed E-state index contributed by atoms with van der Waals surface area (Å²) in [5, 5.41) is 26.5. The molecule has 0 saturated heterocycles. The van der Waals surface area contributed by atoms with Gasteiger partial charge in [0, 0.05) is 11.9 Å². The standard InChI is InChI=1S/C13H10O2.2C2H4O2.CHCl3.Zn/c14-13(15)12-8-6-11(7-9-12)10-4-2-1-3-5-10;2*1-2(3)4;2-1(3)4;/h1-9H,(H,14,15);2*1H3,(H,3,4);1H;/q;;;;+2/p-2. The van der Waals surface area contributed by atoms with Crippen molar-refractivity contribution in [2.45, 2.75) is 18.1 Å². The van der Waals surface area contributed by atoms with Gasteiger partial charge in [-0.25, -0.2) is 4.79 Å². The van der Waals surface area contributed by atoms with E-state index in [-0.39, 0.29) is 19.5 Å². The molecule has 0 aliphatic carbocycles. The van der Waals surface area contributed by atoms with Crippen LogP contribution in [-0.4, -0.2) is 27.3 Å². The fourth-order valence-electron chi connectivity index (χ4n) is 1.44. The first-order valence-corrected chi connectivity index (χ1v) is 8.44. The van der Waals surface area contributed by atoms with E-state index in [0.717, 1.165) is 25.0 Å². The third kappa shape index (κ3) is 22.4. The maximum absolute atomic E-state index is 10.6. The normalized spacial score (nSPS) is 8.36. The second kappa shape index (κ2) is 18.7. The van der Waals surface area contributed by atoms with Crippen LogP contribution in [0.2, 0.25) is 0 Å². The summed E-state index contributed by atoms with van der Waals surface area (Å²) in [7, 11) is 0. The molecular weight excluding hydrogens is 484 g/mol. The van der Waals surface area contributed by atoms with Gasteiger partial charge in [-0.3, -0.25) is 0 Å². The number of carboxylic acids is 3. The monoisotopic (exact) mass is 498 g/mol. The van der Waals surface area contributed by atoms with E-state index in [1.165, 1.54) is 0 Å². The first-order chi connectivity index (χ1) is 12.5. The molecule has 1 N–H and O–H groups in total. The molecule has 0 aliphatic heterocycles. The van der Waals surface area contributed by atoms with Gasteiger partial charge in [-0.2, -0.15) is 0 Å². The average Bonchev–Trinajstić information content (AvgIpc) is 2.54. The van der Waals surface area contributed by atoms with Gasteiger partial charge in [0.25, 0.3) is 0 Å². The molecule has 2 rings (SSSR count). The maximum atomic E-state index is 10.6. The topological polar surface area (TPSA) is 118 Å². The SMILES string of the molecule is CC(=O)[O-].CC(=O)[O-].ClC(Cl)Cl.O=C(O)c1ccc(-c2ccccc2)cc1.[Zn+2]. The third-order valence-electron chi connectivity index (χ3n) is 2.24. The molecule has 148 valence electrons. The zero-order chi connectivity index (χ0) is 21.4. The predicted molar refractivity (Wildman–Crippen MR) is 102 cm³/mol. The quantitative estimate of drug-likeness (QED) is 0.500. The van der Waals surface area contributed by atoms with E-state index in [4.69, 9.17) is 59.7 Å². The van der Waals surface area contributed by atoms with Crippen LogP contribution in [-0.2, 0) is 29.1 Å². The average molecular weight is 501 g/mol. The molecule has 0 heterocycles. The first-order valence-electron chi connectivity index (χ1n) is 7.13. The molecule has 2 aromatic carbocycles. The van der Waals surface area contributed by atoms with Gasteiger partial charge in [-0.15, -0.1) is 0 Å². The molecule has 0 aliphatic rings. The van der Waals surface area contributed by atoms with E-state index < -0.39 is 22.2 Å². The molecule has 0 saturated carbocycles. The van der Waals surface area contributed by atoms with Gasteiger partial charge in [0.2, 0.25) is 0 Å². The number of halogens is 3. The molecule has 10 heteroatoms. The van der Waals surface area contributed by atoms with E-state index in [9.17, 15) is 4.79 Å². The summed E-state index contributed by atoms with van der Waals surface area (Å²) in [4.78, 5) is 28.4. The van der Waals surface area contributed by atoms with Crippen LogP contribution in [0.1, 0.15) is 24.2 Å². The number of aliphatic carboxylic acids is 2. The fourth-order valence-corrected chi connectivity index (χ4v) is 1.44. The molecule has 0 fully saturated rings. The zero-order valence-corrected chi connectivity index (χ0v) is 20.3. The molecule has 0 amide bonds. The predicted octanol–water partition coefficient (Wildman–Crippen LogP) is 2.55. The van der Waals surface area contributed by atoms with Gasteiger partial charge in [0.1, 0.15) is 0 Å². The van der Waals surface area contributed by atoms with Gasteiger partial charge < -0.3 is 24.9 Å². The summed E-state index contributed by atoms with van der Waals surface area (Å²) in [6.45, 7) is 1.94. The molecule has 0 atom stereocenters. The third-order valence-corrected chi connectivity index (χ3v) is 2.24. The fraction of sp³-hybridized carbons (Fsp3) is 0.167. The number of aromatic carboxylic acids is 1. The van der Waals surface area contributed by atoms with Crippen LogP contribution in [0.15, 0.2) is 54.6 Å². The summed E-state index contributed by atoms with van der Waals surface area (Å²) in [5.41, 5.74) is 2.43. The van der Waals surface area contributed by atoms with Gasteiger partial charge in [-0.1, -0.05) is 77.3 Å². The molecular formula is C18H17Cl3O6Zn. The minimum absolute atomic E-state index is 0. The Balaban J connectivity index is -0.000000401. The van der Waals surface area contributed by atoms with Gasteiger partial charge in [-0.05, 0) is 37.1 Å². The van der Waals surface area contributed by atoms with Crippen molar-refractivity contribution in [3.63, 3.8) is 0 Å². The Morgan fingerprint density at radius 1 is 0.786 bits per heavy atom. The number of rotatable bonds is 2. The second-order valence-corrected chi connectivity index (χ2v) is 6.46. The number of carbonyl (C=O) groups excluding carboxylic acids is 2. The van der Waals surface area contributed by atoms with Crippen molar-refractivity contribution in [3.05, 3.63) is 60.2 Å². The van der Waals surface area contributed by atoms with E-state index in [2.05, 4.69) is 0 Å². The number of hydrogen-bond donors (Lipinski definition) is 1. The molecule has 0 aromatic heterocycles. The number of benzene rings is 2. The Bertz CT molecular complexity index is 671. The number of carbonyl (C=O) groups is 3. The van der Waals surface area contributed by atoms with Crippen molar-refractivity contribution in [2.24, 2.45) is 0 Å². The van der Waals surface area contributed by atoms with E-state index in [1.54, 1.807) is 12.1 Å². The summed E-state index contributed by atoms with van der Waals surface area (Å²) in [6, 6.07) is 16.7. The van der Waals surface area contributed by atoms with Crippen LogP contribution in [0.5, 0.6) is 0 Å². The summed E-state index contributed by atoms with van der Waals surface area (Å²) < 4.78 is -0.750. The van der Waals surface area contributed by atoms with Crippen LogP contribution < -0.4 is 10.2 Å². The van der Waals surface area contributed by atoms with Gasteiger partial charge in [0.15, 0.2) is 4.30 Å². The van der Waals surface area contributed by atoms with Crippen molar-refractivity contribution >= 4 is 52.7 Å². The smallest absolute Gasteiger partial charge is 0.550 e. The molecule has 0 spiro atoms. The van der Waals surface area contributed by atoms with Crippen LogP contribution in [0.3, 0.4) is 0 Å². The molecule has 0 unspecified atom stereocenters. The van der Waals surface area contributed by atoms with Crippen molar-refractivity contribution < 1.29 is 49.2 Å². The summed E-state index contributed by atoms with van der Waals surface area (Å²) in [5.74, 6) is -3.06. The van der Waals surface area contributed by atoms with Gasteiger partial charge in [0.05, 0.1) is 5.56 Å². The van der Waals surface area contributed by atoms with Crippen LogP contribution in [0.4, 0.5) is 0 Å². The second-order valence-electron chi connectivity index (χ2n) is 4.48. The van der Waals surface area contributed by atoms with Gasteiger partial charge >= 0.3 is 25.4 Å². The Morgan fingerprint density at radius 2 is 1.07 bits per heavy atom. The Hall–Kier alpha value is -1.66. The zero-order valence-electron chi connectivity index (χ0n) is 15.1.